The van der Waals surface area contributed by atoms with E-state index in [9.17, 15) is 10.2 Å². The van der Waals surface area contributed by atoms with Gasteiger partial charge in [0.05, 0.1) is 19.5 Å². The van der Waals surface area contributed by atoms with Crippen LogP contribution >= 0.6 is 12.6 Å². The van der Waals surface area contributed by atoms with Crippen molar-refractivity contribution in [1.29, 1.82) is 5.41 Å². The van der Waals surface area contributed by atoms with Gasteiger partial charge in [-0.05, 0) is 19.8 Å². The zero-order valence-corrected chi connectivity index (χ0v) is 18.4. The lowest BCUT2D eigenvalue weighted by Gasteiger charge is -2.24. The second kappa shape index (κ2) is 12.6. The highest BCUT2D eigenvalue weighted by Crippen LogP contribution is 2.23. The van der Waals surface area contributed by atoms with Gasteiger partial charge in [-0.2, -0.15) is 4.98 Å². The molecule has 13 heteroatoms. The molecule has 2 heterocycles. The van der Waals surface area contributed by atoms with Crippen LogP contribution in [0.4, 0.5) is 5.95 Å². The molecule has 0 amide bonds. The molecule has 0 aliphatic carbocycles. The number of nitrogens with two attached hydrogens (primary N) is 1. The van der Waals surface area contributed by atoms with Crippen molar-refractivity contribution in [2.45, 2.75) is 56.1 Å². The molecule has 0 aliphatic rings. The molecule has 2 aromatic heterocycles. The summed E-state index contributed by atoms with van der Waals surface area (Å²) in [5.74, 6) is 0.408. The van der Waals surface area contributed by atoms with Crippen LogP contribution in [0.1, 0.15) is 38.8 Å². The molecular formula is C18H32N8O4S. The summed E-state index contributed by atoms with van der Waals surface area (Å²) in [4.78, 5) is 13.1. The van der Waals surface area contributed by atoms with E-state index >= 15 is 0 Å². The van der Waals surface area contributed by atoms with E-state index in [-0.39, 0.29) is 5.96 Å². The van der Waals surface area contributed by atoms with Gasteiger partial charge in [-0.1, -0.05) is 12.8 Å². The van der Waals surface area contributed by atoms with Gasteiger partial charge in [0, 0.05) is 13.1 Å². The van der Waals surface area contributed by atoms with E-state index in [1.165, 1.54) is 6.33 Å². The summed E-state index contributed by atoms with van der Waals surface area (Å²) in [7, 11) is 0. The zero-order chi connectivity index (χ0) is 22.8. The third-order valence-electron chi connectivity index (χ3n) is 4.66. The van der Waals surface area contributed by atoms with Crippen molar-refractivity contribution in [2.24, 2.45) is 5.73 Å². The Bertz CT molecular complexity index is 836. The monoisotopic (exact) mass is 456 g/mol. The third-order valence-corrected chi connectivity index (χ3v) is 4.98. The fourth-order valence-corrected chi connectivity index (χ4v) is 3.22. The van der Waals surface area contributed by atoms with Gasteiger partial charge >= 0.3 is 0 Å². The first-order valence-electron chi connectivity index (χ1n) is 10.2. The molecule has 0 saturated carbocycles. The Kier molecular flexibility index (Phi) is 10.2. The molecule has 0 bridgehead atoms. The fourth-order valence-electron chi connectivity index (χ4n) is 2.97. The van der Waals surface area contributed by atoms with E-state index in [4.69, 9.17) is 21.0 Å². The van der Waals surface area contributed by atoms with Crippen LogP contribution in [0.2, 0.25) is 0 Å². The molecule has 0 fully saturated rings. The molecule has 0 aliphatic heterocycles. The first-order valence-corrected chi connectivity index (χ1v) is 10.6. The predicted octanol–water partition coefficient (Wildman–Crippen LogP) is -0.180. The maximum absolute atomic E-state index is 9.75. The van der Waals surface area contributed by atoms with Crippen molar-refractivity contribution in [3.63, 3.8) is 0 Å². The molecule has 2 aromatic rings. The number of aliphatic hydroxyl groups is 3. The SMILES string of the molecule is CC(OC(CO)[C@H](O)CO)n1cnc2c(S)nc(NCCCCCCNC(=N)N)nc21. The highest BCUT2D eigenvalue weighted by Gasteiger charge is 2.23. The number of unbranched alkanes of at least 4 members (excludes halogenated alkanes) is 3. The van der Waals surface area contributed by atoms with Crippen LogP contribution < -0.4 is 16.4 Å². The summed E-state index contributed by atoms with van der Waals surface area (Å²) in [6.07, 6.45) is 2.68. The van der Waals surface area contributed by atoms with Gasteiger partial charge in [0.1, 0.15) is 29.0 Å². The molecule has 2 unspecified atom stereocenters. The number of aliphatic hydroxyl groups excluding tert-OH is 3. The average Bonchev–Trinajstić information content (AvgIpc) is 3.17. The second-order valence-corrected chi connectivity index (χ2v) is 7.51. The van der Waals surface area contributed by atoms with Crippen LogP contribution in [-0.2, 0) is 4.74 Å². The summed E-state index contributed by atoms with van der Waals surface area (Å²) < 4.78 is 7.33. The number of hydrogen-bond donors (Lipinski definition) is 8. The maximum atomic E-state index is 9.75. The summed E-state index contributed by atoms with van der Waals surface area (Å²) in [6.45, 7) is 2.15. The van der Waals surface area contributed by atoms with Gasteiger partial charge in [-0.3, -0.25) is 9.98 Å². The maximum Gasteiger partial charge on any atom is 0.225 e. The smallest absolute Gasteiger partial charge is 0.225 e. The lowest BCUT2D eigenvalue weighted by atomic mass is 10.2. The Balaban J connectivity index is 1.95. The van der Waals surface area contributed by atoms with Crippen molar-refractivity contribution < 1.29 is 20.1 Å². The second-order valence-electron chi connectivity index (χ2n) is 7.08. The number of ether oxygens (including phenoxy) is 1. The van der Waals surface area contributed by atoms with Crippen LogP contribution in [-0.4, -0.2) is 79.3 Å². The predicted molar refractivity (Wildman–Crippen MR) is 119 cm³/mol. The molecule has 174 valence electrons. The van der Waals surface area contributed by atoms with Gasteiger partial charge < -0.3 is 36.4 Å². The number of thiol groups is 1. The summed E-state index contributed by atoms with van der Waals surface area (Å²) >= 11 is 4.40. The molecule has 3 atom stereocenters. The standard InChI is InChI=1S/C18H32N8O4S/c1-11(30-13(9-28)12(29)8-27)26-10-23-14-15(26)24-18(25-16(14)31)22-7-5-3-2-4-6-21-17(19)20/h10-13,27-29H,2-9H2,1H3,(H4,19,20,21)(H2,22,24,25,31)/t11?,12-,13?/m1/s1. The molecule has 0 aromatic carbocycles. The molecular weight excluding hydrogens is 424 g/mol. The van der Waals surface area contributed by atoms with Crippen molar-refractivity contribution in [3.05, 3.63) is 6.33 Å². The Morgan fingerprint density at radius 3 is 2.58 bits per heavy atom. The van der Waals surface area contributed by atoms with E-state index in [1.54, 1.807) is 11.5 Å². The largest absolute Gasteiger partial charge is 0.394 e. The van der Waals surface area contributed by atoms with Gasteiger partial charge in [-0.25, -0.2) is 9.97 Å². The lowest BCUT2D eigenvalue weighted by Crippen LogP contribution is -2.36. The van der Waals surface area contributed by atoms with Crippen molar-refractivity contribution in [2.75, 3.05) is 31.6 Å². The summed E-state index contributed by atoms with van der Waals surface area (Å²) in [6, 6.07) is 0. The molecule has 2 rings (SSSR count). The highest BCUT2D eigenvalue weighted by molar-refractivity contribution is 7.80. The molecule has 0 radical (unpaired) electrons. The Morgan fingerprint density at radius 2 is 1.94 bits per heavy atom. The number of imidazole rings is 1. The minimum atomic E-state index is -1.20. The molecule has 0 saturated heterocycles. The van der Waals surface area contributed by atoms with Gasteiger partial charge in [0.2, 0.25) is 5.95 Å². The summed E-state index contributed by atoms with van der Waals surface area (Å²) in [5, 5.41) is 41.7. The van der Waals surface area contributed by atoms with Crippen LogP contribution in [0.15, 0.2) is 11.4 Å². The van der Waals surface area contributed by atoms with E-state index < -0.39 is 31.6 Å². The third kappa shape index (κ3) is 7.47. The number of fused-ring (bicyclic) bond motifs is 1. The van der Waals surface area contributed by atoms with E-state index in [0.717, 1.165) is 25.7 Å². The first kappa shape index (κ1) is 25.1. The van der Waals surface area contributed by atoms with Crippen molar-refractivity contribution in [1.82, 2.24) is 24.8 Å². The van der Waals surface area contributed by atoms with E-state index in [2.05, 4.69) is 38.2 Å². The van der Waals surface area contributed by atoms with Crippen LogP contribution in [0.5, 0.6) is 0 Å². The minimum Gasteiger partial charge on any atom is -0.394 e. The van der Waals surface area contributed by atoms with Crippen molar-refractivity contribution in [3.8, 4) is 0 Å². The van der Waals surface area contributed by atoms with Crippen LogP contribution in [0, 0.1) is 5.41 Å². The fraction of sp³-hybridized carbons (Fsp3) is 0.667. The van der Waals surface area contributed by atoms with Crippen molar-refractivity contribution >= 4 is 35.7 Å². The Labute approximate surface area is 186 Å². The van der Waals surface area contributed by atoms with Gasteiger partial charge in [0.15, 0.2) is 11.6 Å². The number of aromatic nitrogens is 4. The molecule has 31 heavy (non-hydrogen) atoms. The quantitative estimate of drug-likeness (QED) is 0.0622. The Morgan fingerprint density at radius 1 is 1.23 bits per heavy atom. The first-order chi connectivity index (χ1) is 14.9. The number of anilines is 1. The lowest BCUT2D eigenvalue weighted by molar-refractivity contribution is -0.125. The normalized spacial score (nSPS) is 14.4. The zero-order valence-electron chi connectivity index (χ0n) is 17.5. The van der Waals surface area contributed by atoms with Crippen LogP contribution in [0.3, 0.4) is 0 Å². The highest BCUT2D eigenvalue weighted by atomic mass is 32.1. The average molecular weight is 457 g/mol. The number of nitrogens with one attached hydrogen (secondary N) is 3. The number of nitrogens with zero attached hydrogens (tertiary/aromatic N) is 4. The van der Waals surface area contributed by atoms with E-state index in [1.807, 2.05) is 0 Å². The molecule has 8 N–H and O–H groups in total. The number of rotatable bonds is 14. The topological polar surface area (TPSA) is 187 Å². The van der Waals surface area contributed by atoms with E-state index in [0.29, 0.717) is 35.2 Å². The number of hydrogen-bond acceptors (Lipinski definition) is 10. The Hall–Kier alpha value is -2.19. The number of guanidine groups is 1. The van der Waals surface area contributed by atoms with Gasteiger partial charge in [-0.15, -0.1) is 12.6 Å². The molecule has 12 nitrogen and oxygen atoms in total. The minimum absolute atomic E-state index is 0.00724. The summed E-state index contributed by atoms with van der Waals surface area (Å²) in [5.41, 5.74) is 6.24. The molecule has 0 spiro atoms. The van der Waals surface area contributed by atoms with Gasteiger partial charge in [0.25, 0.3) is 0 Å². The van der Waals surface area contributed by atoms with Crippen LogP contribution in [0.25, 0.3) is 11.2 Å².